The molecule has 0 atom stereocenters. The Kier molecular flexibility index (Phi) is 4.98. The van der Waals surface area contributed by atoms with Gasteiger partial charge in [0.15, 0.2) is 0 Å². The zero-order chi connectivity index (χ0) is 14.6. The van der Waals surface area contributed by atoms with Crippen molar-refractivity contribution in [2.75, 3.05) is 5.32 Å². The van der Waals surface area contributed by atoms with E-state index in [0.29, 0.717) is 4.47 Å². The summed E-state index contributed by atoms with van der Waals surface area (Å²) in [5, 5.41) is 2.13. The maximum atomic E-state index is 12.2. The van der Waals surface area contributed by atoms with Gasteiger partial charge in [0.1, 0.15) is 5.69 Å². The van der Waals surface area contributed by atoms with E-state index >= 15 is 0 Å². The van der Waals surface area contributed by atoms with Crippen molar-refractivity contribution in [1.82, 2.24) is 4.98 Å². The lowest BCUT2D eigenvalue weighted by molar-refractivity contribution is -0.275. The molecule has 1 aromatic heterocycles. The molecule has 106 valence electrons. The number of halogens is 4. The average Bonchev–Trinajstić information content (AvgIpc) is 2.19. The highest BCUT2D eigenvalue weighted by atomic mass is 79.9. The normalized spacial score (nSPS) is 11.3. The Morgan fingerprint density at radius 2 is 2.11 bits per heavy atom. The van der Waals surface area contributed by atoms with Crippen molar-refractivity contribution in [3.63, 3.8) is 0 Å². The van der Waals surface area contributed by atoms with Gasteiger partial charge in [-0.1, -0.05) is 0 Å². The van der Waals surface area contributed by atoms with E-state index in [2.05, 4.69) is 31.0 Å². The van der Waals surface area contributed by atoms with Crippen LogP contribution in [0.25, 0.3) is 0 Å². The lowest BCUT2D eigenvalue weighted by Gasteiger charge is -2.14. The lowest BCUT2D eigenvalue weighted by Crippen LogP contribution is -2.22. The van der Waals surface area contributed by atoms with Crippen LogP contribution in [0.1, 0.15) is 13.8 Å². The second kappa shape index (κ2) is 6.09. The number of amides is 1. The molecule has 1 aromatic rings. The second-order valence-electron chi connectivity index (χ2n) is 3.63. The number of pyridine rings is 1. The summed E-state index contributed by atoms with van der Waals surface area (Å²) >= 11 is 3.03. The number of hydrogen-bond donors (Lipinski definition) is 1. The van der Waals surface area contributed by atoms with E-state index in [1.54, 1.807) is 13.8 Å². The maximum absolute atomic E-state index is 12.2. The van der Waals surface area contributed by atoms with Gasteiger partial charge in [-0.15, -0.1) is 13.2 Å². The summed E-state index contributed by atoms with van der Waals surface area (Å²) in [7, 11) is 0. The molecular weight excluding hydrogens is 333 g/mol. The first kappa shape index (κ1) is 15.5. The molecule has 0 aliphatic carbocycles. The monoisotopic (exact) mass is 342 g/mol. The molecule has 19 heavy (non-hydrogen) atoms. The maximum Gasteiger partial charge on any atom is 0.574 e. The summed E-state index contributed by atoms with van der Waals surface area (Å²) in [6.45, 7) is 3.21. The number of anilines is 1. The third-order valence-corrected chi connectivity index (χ3v) is 2.04. The number of carbonyl (C=O) groups excluding carboxylic acids is 1. The zero-order valence-corrected chi connectivity index (χ0v) is 11.5. The molecule has 0 unspecified atom stereocenters. The predicted molar refractivity (Wildman–Crippen MR) is 63.9 cm³/mol. The minimum Gasteiger partial charge on any atom is -0.447 e. The van der Waals surface area contributed by atoms with Gasteiger partial charge in [0, 0.05) is 10.7 Å². The summed E-state index contributed by atoms with van der Waals surface area (Å²) < 4.78 is 45.3. The molecular formula is C10H10BrF3N2O3. The fraction of sp³-hybridized carbons (Fsp3) is 0.400. The van der Waals surface area contributed by atoms with E-state index in [1.165, 1.54) is 6.07 Å². The molecule has 1 amide bonds. The van der Waals surface area contributed by atoms with Crippen molar-refractivity contribution in [3.05, 3.63) is 16.7 Å². The first-order valence-electron chi connectivity index (χ1n) is 5.06. The number of hydrogen-bond acceptors (Lipinski definition) is 4. The van der Waals surface area contributed by atoms with Crippen molar-refractivity contribution in [2.24, 2.45) is 0 Å². The summed E-state index contributed by atoms with van der Waals surface area (Å²) in [5.74, 6) is -0.767. The standard InChI is InChI=1S/C10H10BrF3N2O3/c1-5(2)18-9(17)16-7-3-6(11)4-15-8(7)19-10(12,13)14/h3-5H,1-2H3,(H,16,17). The second-order valence-corrected chi connectivity index (χ2v) is 4.55. The van der Waals surface area contributed by atoms with Crippen molar-refractivity contribution in [3.8, 4) is 5.88 Å². The van der Waals surface area contributed by atoms with Crippen LogP contribution in [-0.2, 0) is 4.74 Å². The van der Waals surface area contributed by atoms with Crippen LogP contribution < -0.4 is 10.1 Å². The van der Waals surface area contributed by atoms with Gasteiger partial charge in [0.05, 0.1) is 6.10 Å². The third-order valence-electron chi connectivity index (χ3n) is 1.61. The largest absolute Gasteiger partial charge is 0.574 e. The molecule has 0 fully saturated rings. The quantitative estimate of drug-likeness (QED) is 0.909. The van der Waals surface area contributed by atoms with Gasteiger partial charge in [0.25, 0.3) is 0 Å². The average molecular weight is 343 g/mol. The highest BCUT2D eigenvalue weighted by molar-refractivity contribution is 9.10. The summed E-state index contributed by atoms with van der Waals surface area (Å²) in [6, 6.07) is 1.22. The summed E-state index contributed by atoms with van der Waals surface area (Å²) in [4.78, 5) is 14.8. The number of aromatic nitrogens is 1. The molecule has 1 N–H and O–H groups in total. The zero-order valence-electron chi connectivity index (χ0n) is 9.92. The molecule has 0 saturated carbocycles. The molecule has 1 heterocycles. The van der Waals surface area contributed by atoms with Crippen molar-refractivity contribution in [1.29, 1.82) is 0 Å². The van der Waals surface area contributed by atoms with Crippen LogP contribution in [0.4, 0.5) is 23.7 Å². The first-order valence-corrected chi connectivity index (χ1v) is 5.85. The minimum absolute atomic E-state index is 0.252. The molecule has 5 nitrogen and oxygen atoms in total. The molecule has 0 bridgehead atoms. The SMILES string of the molecule is CC(C)OC(=O)Nc1cc(Br)cnc1OC(F)(F)F. The van der Waals surface area contributed by atoms with Crippen LogP contribution >= 0.6 is 15.9 Å². The fourth-order valence-electron chi connectivity index (χ4n) is 1.06. The van der Waals surface area contributed by atoms with E-state index in [1.807, 2.05) is 0 Å². The lowest BCUT2D eigenvalue weighted by atomic mass is 10.4. The smallest absolute Gasteiger partial charge is 0.447 e. The van der Waals surface area contributed by atoms with E-state index in [4.69, 9.17) is 4.74 Å². The van der Waals surface area contributed by atoms with Gasteiger partial charge >= 0.3 is 12.5 Å². The van der Waals surface area contributed by atoms with Crippen LogP contribution in [0.3, 0.4) is 0 Å². The molecule has 0 aromatic carbocycles. The topological polar surface area (TPSA) is 60.5 Å². The van der Waals surface area contributed by atoms with Gasteiger partial charge in [0.2, 0.25) is 5.88 Å². The first-order chi connectivity index (χ1) is 8.67. The summed E-state index contributed by atoms with van der Waals surface area (Å²) in [6.07, 6.45) is -5.10. The van der Waals surface area contributed by atoms with Gasteiger partial charge in [-0.3, -0.25) is 5.32 Å². The van der Waals surface area contributed by atoms with Crippen LogP contribution in [-0.4, -0.2) is 23.5 Å². The molecule has 0 aliphatic heterocycles. The number of ether oxygens (including phenoxy) is 2. The van der Waals surface area contributed by atoms with Crippen LogP contribution in [0, 0.1) is 0 Å². The number of rotatable bonds is 3. The van der Waals surface area contributed by atoms with Crippen molar-refractivity contribution in [2.45, 2.75) is 26.3 Å². The number of nitrogens with one attached hydrogen (secondary N) is 1. The minimum atomic E-state index is -4.90. The molecule has 0 saturated heterocycles. The van der Waals surface area contributed by atoms with E-state index in [9.17, 15) is 18.0 Å². The van der Waals surface area contributed by atoms with E-state index in [0.717, 1.165) is 6.20 Å². The van der Waals surface area contributed by atoms with Crippen molar-refractivity contribution < 1.29 is 27.4 Å². The molecule has 0 spiro atoms. The highest BCUT2D eigenvalue weighted by Gasteiger charge is 2.33. The fourth-order valence-corrected chi connectivity index (χ4v) is 1.39. The van der Waals surface area contributed by atoms with E-state index in [-0.39, 0.29) is 5.69 Å². The number of nitrogens with zero attached hydrogens (tertiary/aromatic N) is 1. The van der Waals surface area contributed by atoms with Gasteiger partial charge < -0.3 is 9.47 Å². The third kappa shape index (κ3) is 5.77. The molecule has 9 heteroatoms. The Balaban J connectivity index is 2.91. The predicted octanol–water partition coefficient (Wildman–Crippen LogP) is 3.70. The van der Waals surface area contributed by atoms with Crippen molar-refractivity contribution >= 4 is 27.7 Å². The molecule has 0 radical (unpaired) electrons. The Hall–Kier alpha value is -1.51. The van der Waals surface area contributed by atoms with E-state index < -0.39 is 24.4 Å². The van der Waals surface area contributed by atoms with Crippen LogP contribution in [0.15, 0.2) is 16.7 Å². The summed E-state index contributed by atoms with van der Waals surface area (Å²) in [5.41, 5.74) is -0.252. The Labute approximate surface area is 115 Å². The Bertz CT molecular complexity index is 466. The Morgan fingerprint density at radius 1 is 1.47 bits per heavy atom. The van der Waals surface area contributed by atoms with Crippen LogP contribution in [0.5, 0.6) is 5.88 Å². The molecule has 1 rings (SSSR count). The molecule has 0 aliphatic rings. The van der Waals surface area contributed by atoms with Gasteiger partial charge in [-0.05, 0) is 35.8 Å². The Morgan fingerprint density at radius 3 is 2.63 bits per heavy atom. The number of alkyl halides is 3. The number of carbonyl (C=O) groups is 1. The van der Waals surface area contributed by atoms with Gasteiger partial charge in [-0.2, -0.15) is 0 Å². The van der Waals surface area contributed by atoms with Crippen LogP contribution in [0.2, 0.25) is 0 Å². The van der Waals surface area contributed by atoms with Gasteiger partial charge in [-0.25, -0.2) is 9.78 Å². The highest BCUT2D eigenvalue weighted by Crippen LogP contribution is 2.30.